The van der Waals surface area contributed by atoms with E-state index in [4.69, 9.17) is 4.74 Å². The van der Waals surface area contributed by atoms with Gasteiger partial charge in [0, 0.05) is 32.3 Å². The Kier molecular flexibility index (Phi) is 5.19. The fourth-order valence-electron chi connectivity index (χ4n) is 2.80. The van der Waals surface area contributed by atoms with Crippen LogP contribution in [-0.4, -0.2) is 67.6 Å². The highest BCUT2D eigenvalue weighted by Gasteiger charge is 2.38. The summed E-state index contributed by atoms with van der Waals surface area (Å²) in [6.45, 7) is 4.42. The fraction of sp³-hybridized carbons (Fsp3) is 1.00. The van der Waals surface area contributed by atoms with Gasteiger partial charge in [0.25, 0.3) is 10.2 Å². The Morgan fingerprint density at radius 3 is 2.84 bits per heavy atom. The molecular formula is C12H24N2O4S. The molecule has 0 bridgehead atoms. The van der Waals surface area contributed by atoms with Crippen LogP contribution in [-0.2, 0) is 14.9 Å². The zero-order valence-electron chi connectivity index (χ0n) is 11.5. The number of hydrogen-bond donors (Lipinski definition) is 1. The van der Waals surface area contributed by atoms with Crippen LogP contribution in [0.5, 0.6) is 0 Å². The Morgan fingerprint density at radius 2 is 2.16 bits per heavy atom. The molecule has 0 aromatic heterocycles. The van der Waals surface area contributed by atoms with E-state index in [1.807, 2.05) is 6.92 Å². The minimum atomic E-state index is -3.41. The summed E-state index contributed by atoms with van der Waals surface area (Å²) in [5, 5.41) is 9.23. The quantitative estimate of drug-likeness (QED) is 0.794. The van der Waals surface area contributed by atoms with Crippen molar-refractivity contribution in [3.05, 3.63) is 0 Å². The summed E-state index contributed by atoms with van der Waals surface area (Å²) in [6, 6.07) is -0.0618. The van der Waals surface area contributed by atoms with Gasteiger partial charge in [-0.15, -0.1) is 0 Å². The van der Waals surface area contributed by atoms with Crippen molar-refractivity contribution in [3.63, 3.8) is 0 Å². The predicted octanol–water partition coefficient (Wildman–Crippen LogP) is 0.0463. The standard InChI is InChI=1S/C12H24N2O4S/c1-2-12-10-18-7-6-14(12)19(16,17)13-5-3-4-11(8-13)9-15/h11-12,15H,2-10H2,1H3. The van der Waals surface area contributed by atoms with Gasteiger partial charge in [-0.05, 0) is 25.2 Å². The van der Waals surface area contributed by atoms with Crippen molar-refractivity contribution in [2.24, 2.45) is 5.92 Å². The second kappa shape index (κ2) is 6.49. The van der Waals surface area contributed by atoms with E-state index in [1.165, 1.54) is 4.31 Å². The molecule has 112 valence electrons. The minimum Gasteiger partial charge on any atom is -0.396 e. The normalized spacial score (nSPS) is 31.5. The first-order chi connectivity index (χ1) is 9.09. The Hall–Kier alpha value is -0.210. The minimum absolute atomic E-state index is 0.0618. The molecule has 2 aliphatic heterocycles. The van der Waals surface area contributed by atoms with E-state index in [2.05, 4.69) is 0 Å². The van der Waals surface area contributed by atoms with E-state index in [1.54, 1.807) is 4.31 Å². The van der Waals surface area contributed by atoms with Gasteiger partial charge in [-0.25, -0.2) is 0 Å². The van der Waals surface area contributed by atoms with Crippen LogP contribution < -0.4 is 0 Å². The van der Waals surface area contributed by atoms with Crippen LogP contribution in [0.2, 0.25) is 0 Å². The molecule has 2 rings (SSSR count). The van der Waals surface area contributed by atoms with Crippen molar-refractivity contribution in [1.82, 2.24) is 8.61 Å². The molecule has 19 heavy (non-hydrogen) atoms. The van der Waals surface area contributed by atoms with Crippen molar-refractivity contribution >= 4 is 10.2 Å². The van der Waals surface area contributed by atoms with Crippen LogP contribution in [0, 0.1) is 5.92 Å². The lowest BCUT2D eigenvalue weighted by molar-refractivity contribution is 0.0272. The first-order valence-corrected chi connectivity index (χ1v) is 8.44. The number of hydrogen-bond acceptors (Lipinski definition) is 4. The van der Waals surface area contributed by atoms with Crippen molar-refractivity contribution in [3.8, 4) is 0 Å². The molecule has 1 N–H and O–H groups in total. The highest BCUT2D eigenvalue weighted by molar-refractivity contribution is 7.86. The number of aliphatic hydroxyl groups excluding tert-OH is 1. The Balaban J connectivity index is 2.11. The number of morpholine rings is 1. The molecule has 0 aromatic carbocycles. The lowest BCUT2D eigenvalue weighted by atomic mass is 10.0. The monoisotopic (exact) mass is 292 g/mol. The van der Waals surface area contributed by atoms with E-state index >= 15 is 0 Å². The molecule has 2 heterocycles. The van der Waals surface area contributed by atoms with Gasteiger partial charge >= 0.3 is 0 Å². The maximum absolute atomic E-state index is 12.7. The van der Waals surface area contributed by atoms with E-state index < -0.39 is 10.2 Å². The lowest BCUT2D eigenvalue weighted by Crippen LogP contribution is -2.55. The highest BCUT2D eigenvalue weighted by Crippen LogP contribution is 2.24. The maximum Gasteiger partial charge on any atom is 0.282 e. The Morgan fingerprint density at radius 1 is 1.37 bits per heavy atom. The third kappa shape index (κ3) is 3.28. The molecule has 0 saturated carbocycles. The average molecular weight is 292 g/mol. The number of aliphatic hydroxyl groups is 1. The third-order valence-electron chi connectivity index (χ3n) is 4.01. The summed E-state index contributed by atoms with van der Waals surface area (Å²) < 4.78 is 33.8. The largest absolute Gasteiger partial charge is 0.396 e. The van der Waals surface area contributed by atoms with Gasteiger partial charge in [-0.2, -0.15) is 17.0 Å². The number of rotatable bonds is 4. The van der Waals surface area contributed by atoms with Gasteiger partial charge in [-0.1, -0.05) is 6.92 Å². The van der Waals surface area contributed by atoms with Crippen molar-refractivity contribution in [2.75, 3.05) is 39.5 Å². The van der Waals surface area contributed by atoms with Gasteiger partial charge in [0.05, 0.1) is 13.2 Å². The SMILES string of the molecule is CCC1COCCN1S(=O)(=O)N1CCCC(CO)C1. The second-order valence-electron chi connectivity index (χ2n) is 5.30. The van der Waals surface area contributed by atoms with Crippen LogP contribution >= 0.6 is 0 Å². The Bertz CT molecular complexity index is 387. The lowest BCUT2D eigenvalue weighted by Gasteiger charge is -2.39. The van der Waals surface area contributed by atoms with Gasteiger partial charge in [0.2, 0.25) is 0 Å². The second-order valence-corrected chi connectivity index (χ2v) is 7.19. The summed E-state index contributed by atoms with van der Waals surface area (Å²) in [5.74, 6) is 0.0737. The van der Waals surface area contributed by atoms with E-state index in [-0.39, 0.29) is 18.6 Å². The fourth-order valence-corrected chi connectivity index (χ4v) is 4.75. The van der Waals surface area contributed by atoms with Crippen molar-refractivity contribution < 1.29 is 18.3 Å². The number of nitrogens with zero attached hydrogens (tertiary/aromatic N) is 2. The first-order valence-electron chi connectivity index (χ1n) is 7.05. The molecule has 0 aliphatic carbocycles. The smallest absolute Gasteiger partial charge is 0.282 e. The van der Waals surface area contributed by atoms with Gasteiger partial charge in [-0.3, -0.25) is 0 Å². The van der Waals surface area contributed by atoms with Crippen LogP contribution in [0.3, 0.4) is 0 Å². The molecule has 2 atom stereocenters. The van der Waals surface area contributed by atoms with Gasteiger partial charge in [0.1, 0.15) is 0 Å². The third-order valence-corrected chi connectivity index (χ3v) is 6.06. The van der Waals surface area contributed by atoms with Crippen LogP contribution in [0.25, 0.3) is 0 Å². The van der Waals surface area contributed by atoms with Gasteiger partial charge < -0.3 is 9.84 Å². The first kappa shape index (κ1) is 15.2. The van der Waals surface area contributed by atoms with E-state index in [9.17, 15) is 13.5 Å². The molecule has 0 amide bonds. The van der Waals surface area contributed by atoms with Crippen LogP contribution in [0.15, 0.2) is 0 Å². The number of piperidine rings is 1. The molecule has 0 spiro atoms. The molecule has 2 fully saturated rings. The molecule has 2 saturated heterocycles. The zero-order valence-corrected chi connectivity index (χ0v) is 12.3. The zero-order chi connectivity index (χ0) is 13.9. The molecule has 2 unspecified atom stereocenters. The highest BCUT2D eigenvalue weighted by atomic mass is 32.2. The van der Waals surface area contributed by atoms with E-state index in [0.717, 1.165) is 19.3 Å². The molecule has 7 heteroatoms. The Labute approximate surface area is 115 Å². The van der Waals surface area contributed by atoms with Gasteiger partial charge in [0.15, 0.2) is 0 Å². The summed E-state index contributed by atoms with van der Waals surface area (Å²) in [5.41, 5.74) is 0. The summed E-state index contributed by atoms with van der Waals surface area (Å²) in [7, 11) is -3.41. The number of ether oxygens (including phenoxy) is 1. The van der Waals surface area contributed by atoms with Crippen molar-refractivity contribution in [2.45, 2.75) is 32.2 Å². The topological polar surface area (TPSA) is 70.1 Å². The summed E-state index contributed by atoms with van der Waals surface area (Å²) in [6.07, 6.45) is 2.49. The average Bonchev–Trinajstić information content (AvgIpc) is 2.47. The molecule has 2 aliphatic rings. The van der Waals surface area contributed by atoms with Crippen molar-refractivity contribution in [1.29, 1.82) is 0 Å². The summed E-state index contributed by atoms with van der Waals surface area (Å²) >= 11 is 0. The van der Waals surface area contributed by atoms with E-state index in [0.29, 0.717) is 32.8 Å². The molecule has 6 nitrogen and oxygen atoms in total. The molecule has 0 radical (unpaired) electrons. The molecule has 0 aromatic rings. The molecular weight excluding hydrogens is 268 g/mol. The maximum atomic E-state index is 12.7. The van der Waals surface area contributed by atoms with Crippen LogP contribution in [0.1, 0.15) is 26.2 Å². The summed E-state index contributed by atoms with van der Waals surface area (Å²) in [4.78, 5) is 0. The predicted molar refractivity (Wildman–Crippen MR) is 71.9 cm³/mol. The van der Waals surface area contributed by atoms with Crippen LogP contribution in [0.4, 0.5) is 0 Å².